The van der Waals surface area contributed by atoms with Gasteiger partial charge in [-0.1, -0.05) is 0 Å². The van der Waals surface area contributed by atoms with E-state index in [9.17, 15) is 4.79 Å². The van der Waals surface area contributed by atoms with Crippen LogP contribution in [0.2, 0.25) is 0 Å². The maximum Gasteiger partial charge on any atom is 0.195 e. The SMILES string of the molecule is O=Cc1c(SCCO)nc2sccn12. The number of carbonyl (C=O) groups excluding carboxylic acids is 1. The van der Waals surface area contributed by atoms with Crippen LogP contribution in [0.3, 0.4) is 0 Å². The van der Waals surface area contributed by atoms with Gasteiger partial charge in [0.15, 0.2) is 11.2 Å². The average Bonchev–Trinajstić information content (AvgIpc) is 2.73. The van der Waals surface area contributed by atoms with Gasteiger partial charge in [-0.2, -0.15) is 0 Å². The number of aldehydes is 1. The molecule has 0 radical (unpaired) electrons. The molecule has 0 bridgehead atoms. The quantitative estimate of drug-likeness (QED) is 0.633. The van der Waals surface area contributed by atoms with Crippen LogP contribution in [-0.2, 0) is 0 Å². The van der Waals surface area contributed by atoms with Gasteiger partial charge in [-0.05, 0) is 0 Å². The van der Waals surface area contributed by atoms with Crippen molar-refractivity contribution >= 4 is 34.3 Å². The standard InChI is InChI=1S/C8H8N2O2S2/c11-2-4-13-7-6(5-12)10-1-3-14-8(10)9-7/h1,3,5,11H,2,4H2. The molecule has 2 heterocycles. The van der Waals surface area contributed by atoms with Crippen molar-refractivity contribution in [1.29, 1.82) is 0 Å². The molecule has 4 nitrogen and oxygen atoms in total. The summed E-state index contributed by atoms with van der Waals surface area (Å²) in [6.45, 7) is 0.0914. The Bertz CT molecular complexity index is 449. The molecule has 0 atom stereocenters. The summed E-state index contributed by atoms with van der Waals surface area (Å²) in [5.41, 5.74) is 0.569. The monoisotopic (exact) mass is 228 g/mol. The van der Waals surface area contributed by atoms with Gasteiger partial charge in [0.05, 0.1) is 6.61 Å². The van der Waals surface area contributed by atoms with E-state index in [-0.39, 0.29) is 6.61 Å². The van der Waals surface area contributed by atoms with E-state index in [0.717, 1.165) is 11.2 Å². The maximum atomic E-state index is 10.8. The lowest BCUT2D eigenvalue weighted by molar-refractivity contribution is 0.111. The first-order valence-electron chi connectivity index (χ1n) is 4.01. The Morgan fingerprint density at radius 2 is 2.57 bits per heavy atom. The van der Waals surface area contributed by atoms with E-state index in [1.54, 1.807) is 4.40 Å². The smallest absolute Gasteiger partial charge is 0.195 e. The number of rotatable bonds is 4. The first kappa shape index (κ1) is 9.70. The van der Waals surface area contributed by atoms with Gasteiger partial charge in [-0.25, -0.2) is 4.98 Å². The second-order valence-corrected chi connectivity index (χ2v) is 4.50. The average molecular weight is 228 g/mol. The van der Waals surface area contributed by atoms with E-state index >= 15 is 0 Å². The number of thioether (sulfide) groups is 1. The Morgan fingerprint density at radius 3 is 3.29 bits per heavy atom. The van der Waals surface area contributed by atoms with Crippen molar-refractivity contribution in [1.82, 2.24) is 9.38 Å². The molecule has 0 aliphatic heterocycles. The van der Waals surface area contributed by atoms with E-state index in [1.807, 2.05) is 11.6 Å². The molecule has 74 valence electrons. The molecule has 0 unspecified atom stereocenters. The fourth-order valence-electron chi connectivity index (χ4n) is 1.14. The van der Waals surface area contributed by atoms with E-state index in [4.69, 9.17) is 5.11 Å². The second kappa shape index (κ2) is 4.12. The van der Waals surface area contributed by atoms with Crippen molar-refractivity contribution in [3.63, 3.8) is 0 Å². The molecule has 0 saturated carbocycles. The van der Waals surface area contributed by atoms with Crippen LogP contribution in [0, 0.1) is 0 Å². The number of aliphatic hydroxyl groups is 1. The molecule has 1 N–H and O–H groups in total. The minimum atomic E-state index is 0.0914. The fourth-order valence-corrected chi connectivity index (χ4v) is 2.65. The zero-order valence-corrected chi connectivity index (χ0v) is 8.85. The third-order valence-electron chi connectivity index (χ3n) is 1.71. The summed E-state index contributed by atoms with van der Waals surface area (Å²) in [6, 6.07) is 0. The van der Waals surface area contributed by atoms with Crippen LogP contribution in [0.5, 0.6) is 0 Å². The summed E-state index contributed by atoms with van der Waals surface area (Å²) >= 11 is 2.88. The Morgan fingerprint density at radius 1 is 1.71 bits per heavy atom. The highest BCUT2D eigenvalue weighted by Gasteiger charge is 2.11. The number of carbonyl (C=O) groups is 1. The van der Waals surface area contributed by atoms with Crippen LogP contribution < -0.4 is 0 Å². The number of hydrogen-bond donors (Lipinski definition) is 1. The zero-order chi connectivity index (χ0) is 9.97. The van der Waals surface area contributed by atoms with Gasteiger partial charge in [0.25, 0.3) is 0 Å². The Labute approximate surface area is 88.6 Å². The number of nitrogens with zero attached hydrogens (tertiary/aromatic N) is 2. The van der Waals surface area contributed by atoms with Gasteiger partial charge in [0.1, 0.15) is 10.7 Å². The maximum absolute atomic E-state index is 10.8. The zero-order valence-electron chi connectivity index (χ0n) is 7.21. The largest absolute Gasteiger partial charge is 0.396 e. The lowest BCUT2D eigenvalue weighted by atomic mass is 10.5. The number of aromatic nitrogens is 2. The molecule has 2 rings (SSSR count). The molecule has 2 aromatic heterocycles. The normalized spacial score (nSPS) is 10.9. The van der Waals surface area contributed by atoms with E-state index in [2.05, 4.69) is 4.98 Å². The molecule has 14 heavy (non-hydrogen) atoms. The van der Waals surface area contributed by atoms with Gasteiger partial charge in [-0.3, -0.25) is 9.20 Å². The molecular formula is C8H8N2O2S2. The highest BCUT2D eigenvalue weighted by atomic mass is 32.2. The number of imidazole rings is 1. The van der Waals surface area contributed by atoms with Gasteiger partial charge in [0.2, 0.25) is 0 Å². The lowest BCUT2D eigenvalue weighted by Gasteiger charge is -1.94. The van der Waals surface area contributed by atoms with Crippen molar-refractivity contribution in [3.8, 4) is 0 Å². The summed E-state index contributed by atoms with van der Waals surface area (Å²) in [5.74, 6) is 0.561. The molecule has 0 saturated heterocycles. The third-order valence-corrected chi connectivity index (χ3v) is 3.42. The summed E-state index contributed by atoms with van der Waals surface area (Å²) in [6.07, 6.45) is 2.62. The number of hydrogen-bond acceptors (Lipinski definition) is 5. The lowest BCUT2D eigenvalue weighted by Crippen LogP contribution is -1.91. The summed E-state index contributed by atoms with van der Waals surface area (Å²) < 4.78 is 1.76. The van der Waals surface area contributed by atoms with Crippen molar-refractivity contribution < 1.29 is 9.90 Å². The summed E-state index contributed by atoms with van der Waals surface area (Å²) in [7, 11) is 0. The topological polar surface area (TPSA) is 54.6 Å². The molecule has 0 spiro atoms. The van der Waals surface area contributed by atoms with Crippen molar-refractivity contribution in [2.45, 2.75) is 5.03 Å². The molecule has 6 heteroatoms. The van der Waals surface area contributed by atoms with Crippen LogP contribution in [-0.4, -0.2) is 33.1 Å². The molecule has 0 fully saturated rings. The Hall–Kier alpha value is -0.850. The molecule has 0 aliphatic rings. The predicted octanol–water partition coefficient (Wildman–Crippen LogP) is 1.29. The Balaban J connectivity index is 2.42. The minimum absolute atomic E-state index is 0.0914. The molecule has 0 amide bonds. The highest BCUT2D eigenvalue weighted by Crippen LogP contribution is 2.24. The molecule has 2 aromatic rings. The predicted molar refractivity (Wildman–Crippen MR) is 56.3 cm³/mol. The molecule has 0 aromatic carbocycles. The van der Waals surface area contributed by atoms with Crippen LogP contribution in [0.4, 0.5) is 0 Å². The van der Waals surface area contributed by atoms with Gasteiger partial charge >= 0.3 is 0 Å². The van der Waals surface area contributed by atoms with Crippen LogP contribution in [0.25, 0.3) is 4.96 Å². The van der Waals surface area contributed by atoms with Crippen molar-refractivity contribution in [3.05, 3.63) is 17.3 Å². The number of fused-ring (bicyclic) bond motifs is 1. The van der Waals surface area contributed by atoms with E-state index in [1.165, 1.54) is 23.1 Å². The number of aliphatic hydroxyl groups excluding tert-OH is 1. The van der Waals surface area contributed by atoms with Gasteiger partial charge < -0.3 is 5.11 Å². The number of thiazole rings is 1. The van der Waals surface area contributed by atoms with Gasteiger partial charge in [-0.15, -0.1) is 23.1 Å². The first-order chi connectivity index (χ1) is 6.86. The second-order valence-electron chi connectivity index (χ2n) is 2.55. The van der Waals surface area contributed by atoms with E-state index in [0.29, 0.717) is 16.5 Å². The minimum Gasteiger partial charge on any atom is -0.396 e. The van der Waals surface area contributed by atoms with E-state index < -0.39 is 0 Å². The van der Waals surface area contributed by atoms with Gasteiger partial charge in [0, 0.05) is 17.3 Å². The Kier molecular flexibility index (Phi) is 2.85. The fraction of sp³-hybridized carbons (Fsp3) is 0.250. The van der Waals surface area contributed by atoms with Crippen molar-refractivity contribution in [2.75, 3.05) is 12.4 Å². The first-order valence-corrected chi connectivity index (χ1v) is 5.87. The third kappa shape index (κ3) is 1.56. The van der Waals surface area contributed by atoms with Crippen molar-refractivity contribution in [2.24, 2.45) is 0 Å². The summed E-state index contributed by atoms with van der Waals surface area (Å²) in [5, 5.41) is 11.3. The van der Waals surface area contributed by atoms with Crippen LogP contribution in [0.15, 0.2) is 16.6 Å². The molecule has 0 aliphatic carbocycles. The summed E-state index contributed by atoms with van der Waals surface area (Å²) in [4.78, 5) is 15.9. The highest BCUT2D eigenvalue weighted by molar-refractivity contribution is 7.99. The van der Waals surface area contributed by atoms with Crippen LogP contribution in [0.1, 0.15) is 10.5 Å². The molecular weight excluding hydrogens is 220 g/mol. The van der Waals surface area contributed by atoms with Crippen LogP contribution >= 0.6 is 23.1 Å².